The maximum atomic E-state index is 10.6. The number of aromatic nitrogens is 2. The van der Waals surface area contributed by atoms with E-state index in [0.29, 0.717) is 13.0 Å². The largest absolute Gasteiger partial charge is 0.355 e. The van der Waals surface area contributed by atoms with Gasteiger partial charge < -0.3 is 5.32 Å². The summed E-state index contributed by atoms with van der Waals surface area (Å²) in [5.74, 6) is 6.01. The van der Waals surface area contributed by atoms with Gasteiger partial charge >= 0.3 is 0 Å². The van der Waals surface area contributed by atoms with Gasteiger partial charge in [-0.15, -0.1) is 0 Å². The Kier molecular flexibility index (Phi) is 4.33. The number of rotatable bonds is 2. The minimum absolute atomic E-state index is 0.0177. The lowest BCUT2D eigenvalue weighted by molar-refractivity contribution is -0.118. The fourth-order valence-electron chi connectivity index (χ4n) is 1.22. The van der Waals surface area contributed by atoms with Crippen molar-refractivity contribution in [2.45, 2.75) is 39.7 Å². The zero-order valence-corrected chi connectivity index (χ0v) is 10.9. The average Bonchev–Trinajstić information content (AvgIpc) is 2.64. The van der Waals surface area contributed by atoms with Gasteiger partial charge in [0, 0.05) is 26.1 Å². The summed E-state index contributed by atoms with van der Waals surface area (Å²) in [4.78, 5) is 10.6. The van der Waals surface area contributed by atoms with Gasteiger partial charge in [-0.3, -0.25) is 9.48 Å². The maximum absolute atomic E-state index is 10.6. The molecule has 1 rings (SSSR count). The zero-order valence-electron chi connectivity index (χ0n) is 10.9. The summed E-state index contributed by atoms with van der Waals surface area (Å²) in [7, 11) is 0. The highest BCUT2D eigenvalue weighted by Gasteiger charge is 2.12. The summed E-state index contributed by atoms with van der Waals surface area (Å²) in [6, 6.07) is 0. The Morgan fingerprint density at radius 3 is 2.76 bits per heavy atom. The lowest BCUT2D eigenvalue weighted by Crippen LogP contribution is -2.21. The topological polar surface area (TPSA) is 46.9 Å². The van der Waals surface area contributed by atoms with Crippen molar-refractivity contribution < 1.29 is 4.79 Å². The van der Waals surface area contributed by atoms with Crippen molar-refractivity contribution in [1.29, 1.82) is 0 Å². The van der Waals surface area contributed by atoms with Crippen molar-refractivity contribution in [3.05, 3.63) is 18.0 Å². The monoisotopic (exact) mass is 233 g/mol. The summed E-state index contributed by atoms with van der Waals surface area (Å²) in [6.07, 6.45) is 4.35. The van der Waals surface area contributed by atoms with Crippen molar-refractivity contribution in [1.82, 2.24) is 15.1 Å². The Morgan fingerprint density at radius 2 is 2.24 bits per heavy atom. The van der Waals surface area contributed by atoms with Gasteiger partial charge in [-0.05, 0) is 20.8 Å². The molecule has 0 atom stereocenters. The number of nitrogens with one attached hydrogen (secondary N) is 1. The smallest absolute Gasteiger partial charge is 0.216 e. The third-order valence-corrected chi connectivity index (χ3v) is 2.13. The summed E-state index contributed by atoms with van der Waals surface area (Å²) in [5.41, 5.74) is 0.888. The standard InChI is InChI=1S/C13H19N3O/c1-11(17)14-8-6-5-7-12-9-15-16(10-12)13(2,3)4/h9-10H,6,8H2,1-4H3,(H,14,17). The average molecular weight is 233 g/mol. The van der Waals surface area contributed by atoms with Crippen LogP contribution in [0, 0.1) is 11.8 Å². The van der Waals surface area contributed by atoms with E-state index >= 15 is 0 Å². The first kappa shape index (κ1) is 13.3. The molecule has 0 saturated carbocycles. The van der Waals surface area contributed by atoms with E-state index in [1.807, 2.05) is 10.9 Å². The first-order valence-corrected chi connectivity index (χ1v) is 5.68. The van der Waals surface area contributed by atoms with E-state index in [2.05, 4.69) is 43.0 Å². The van der Waals surface area contributed by atoms with Gasteiger partial charge in [-0.1, -0.05) is 11.8 Å². The molecular weight excluding hydrogens is 214 g/mol. The van der Waals surface area contributed by atoms with Gasteiger partial charge in [-0.25, -0.2) is 0 Å². The molecule has 0 fully saturated rings. The molecule has 17 heavy (non-hydrogen) atoms. The van der Waals surface area contributed by atoms with Crippen molar-refractivity contribution in [2.24, 2.45) is 0 Å². The normalized spacial score (nSPS) is 10.6. The molecule has 1 amide bonds. The fourth-order valence-corrected chi connectivity index (χ4v) is 1.22. The minimum Gasteiger partial charge on any atom is -0.355 e. The lowest BCUT2D eigenvalue weighted by Gasteiger charge is -2.18. The molecule has 1 heterocycles. The van der Waals surface area contributed by atoms with E-state index in [-0.39, 0.29) is 11.4 Å². The van der Waals surface area contributed by atoms with E-state index in [9.17, 15) is 4.79 Å². The molecule has 1 N–H and O–H groups in total. The predicted molar refractivity (Wildman–Crippen MR) is 67.4 cm³/mol. The predicted octanol–water partition coefficient (Wildman–Crippen LogP) is 1.52. The van der Waals surface area contributed by atoms with Crippen molar-refractivity contribution >= 4 is 5.91 Å². The Bertz CT molecular complexity index is 443. The van der Waals surface area contributed by atoms with Gasteiger partial charge in [0.1, 0.15) is 0 Å². The highest BCUT2D eigenvalue weighted by Crippen LogP contribution is 2.12. The second kappa shape index (κ2) is 5.53. The summed E-state index contributed by atoms with van der Waals surface area (Å²) in [5, 5.41) is 6.96. The summed E-state index contributed by atoms with van der Waals surface area (Å²) >= 11 is 0. The van der Waals surface area contributed by atoms with Crippen LogP contribution >= 0.6 is 0 Å². The molecule has 0 saturated heterocycles. The second-order valence-electron chi connectivity index (χ2n) is 4.88. The number of nitrogens with zero attached hydrogens (tertiary/aromatic N) is 2. The van der Waals surface area contributed by atoms with Crippen LogP contribution in [-0.2, 0) is 10.3 Å². The third-order valence-electron chi connectivity index (χ3n) is 2.13. The molecule has 1 aromatic rings. The molecule has 0 spiro atoms. The van der Waals surface area contributed by atoms with E-state index in [0.717, 1.165) is 5.56 Å². The van der Waals surface area contributed by atoms with Crippen LogP contribution in [0.2, 0.25) is 0 Å². The first-order chi connectivity index (χ1) is 7.89. The fraction of sp³-hybridized carbons (Fsp3) is 0.538. The highest BCUT2D eigenvalue weighted by molar-refractivity contribution is 5.72. The van der Waals surface area contributed by atoms with Gasteiger partial charge in [0.15, 0.2) is 0 Å². The molecule has 0 aliphatic heterocycles. The van der Waals surface area contributed by atoms with E-state index in [1.54, 1.807) is 6.20 Å². The first-order valence-electron chi connectivity index (χ1n) is 5.68. The Labute approximate surface area is 102 Å². The molecular formula is C13H19N3O. The Balaban J connectivity index is 2.50. The number of carbonyl (C=O) groups excluding carboxylic acids is 1. The quantitative estimate of drug-likeness (QED) is 0.622. The van der Waals surface area contributed by atoms with Crippen molar-refractivity contribution in [3.8, 4) is 11.8 Å². The number of amides is 1. The molecule has 0 radical (unpaired) electrons. The molecule has 0 aliphatic carbocycles. The van der Waals surface area contributed by atoms with E-state index in [4.69, 9.17) is 0 Å². The molecule has 92 valence electrons. The molecule has 4 nitrogen and oxygen atoms in total. The third kappa shape index (κ3) is 4.73. The minimum atomic E-state index is -0.0210. The van der Waals surface area contributed by atoms with Crippen LogP contribution in [0.1, 0.15) is 39.7 Å². The van der Waals surface area contributed by atoms with Gasteiger partial charge in [0.2, 0.25) is 5.91 Å². The molecule has 0 aliphatic rings. The molecule has 0 aromatic carbocycles. The van der Waals surface area contributed by atoms with Crippen LogP contribution in [-0.4, -0.2) is 22.2 Å². The second-order valence-corrected chi connectivity index (χ2v) is 4.88. The summed E-state index contributed by atoms with van der Waals surface area (Å²) < 4.78 is 1.89. The van der Waals surface area contributed by atoms with Crippen LogP contribution in [0.25, 0.3) is 0 Å². The Morgan fingerprint density at radius 1 is 1.53 bits per heavy atom. The number of hydrogen-bond donors (Lipinski definition) is 1. The summed E-state index contributed by atoms with van der Waals surface area (Å²) in [6.45, 7) is 8.37. The van der Waals surface area contributed by atoms with Crippen LogP contribution < -0.4 is 5.32 Å². The maximum Gasteiger partial charge on any atom is 0.216 e. The SMILES string of the molecule is CC(=O)NCCC#Cc1cnn(C(C)(C)C)c1. The van der Waals surface area contributed by atoms with Crippen molar-refractivity contribution in [3.63, 3.8) is 0 Å². The number of carbonyl (C=O) groups is 1. The van der Waals surface area contributed by atoms with Crippen molar-refractivity contribution in [2.75, 3.05) is 6.54 Å². The van der Waals surface area contributed by atoms with Gasteiger partial charge in [0.25, 0.3) is 0 Å². The van der Waals surface area contributed by atoms with Crippen LogP contribution in [0.15, 0.2) is 12.4 Å². The van der Waals surface area contributed by atoms with Crippen LogP contribution in [0.3, 0.4) is 0 Å². The molecule has 4 heteroatoms. The Hall–Kier alpha value is -1.76. The van der Waals surface area contributed by atoms with E-state index < -0.39 is 0 Å². The molecule has 0 unspecified atom stereocenters. The van der Waals surface area contributed by atoms with Gasteiger partial charge in [0.05, 0.1) is 17.3 Å². The van der Waals surface area contributed by atoms with Crippen LogP contribution in [0.4, 0.5) is 0 Å². The molecule has 1 aromatic heterocycles. The lowest BCUT2D eigenvalue weighted by atomic mass is 10.1. The highest BCUT2D eigenvalue weighted by atomic mass is 16.1. The van der Waals surface area contributed by atoms with E-state index in [1.165, 1.54) is 6.92 Å². The number of hydrogen-bond acceptors (Lipinski definition) is 2. The van der Waals surface area contributed by atoms with Crippen LogP contribution in [0.5, 0.6) is 0 Å². The van der Waals surface area contributed by atoms with Gasteiger partial charge in [-0.2, -0.15) is 5.10 Å². The zero-order chi connectivity index (χ0) is 12.9. The molecule has 0 bridgehead atoms.